The molecule has 100 valence electrons. The fourth-order valence-corrected chi connectivity index (χ4v) is 1.90. The third-order valence-corrected chi connectivity index (χ3v) is 3.12. The van der Waals surface area contributed by atoms with Crippen LogP contribution in [0, 0.1) is 6.92 Å². The second kappa shape index (κ2) is 5.84. The minimum atomic E-state index is -0.0180. The normalized spacial score (nSPS) is 10.5. The molecule has 1 amide bonds. The summed E-state index contributed by atoms with van der Waals surface area (Å²) in [5.41, 5.74) is 0.826. The largest absolute Gasteiger partial charge is 0.338 e. The number of aromatic amines is 1. The molecule has 1 heterocycles. The van der Waals surface area contributed by atoms with Gasteiger partial charge in [-0.1, -0.05) is 29.8 Å². The molecular weight excluding hydrogens is 264 g/mol. The van der Waals surface area contributed by atoms with E-state index in [0.29, 0.717) is 17.4 Å². The molecule has 0 atom stereocenters. The number of halogens is 1. The van der Waals surface area contributed by atoms with E-state index in [0.717, 1.165) is 11.4 Å². The first-order chi connectivity index (χ1) is 9.06. The zero-order chi connectivity index (χ0) is 13.8. The number of H-pyrrole nitrogens is 1. The van der Waals surface area contributed by atoms with Gasteiger partial charge in [0.2, 0.25) is 5.91 Å². The number of hydrogen-bond acceptors (Lipinski definition) is 3. The van der Waals surface area contributed by atoms with E-state index >= 15 is 0 Å². The van der Waals surface area contributed by atoms with Gasteiger partial charge in [0.1, 0.15) is 5.82 Å². The van der Waals surface area contributed by atoms with E-state index in [4.69, 9.17) is 11.6 Å². The van der Waals surface area contributed by atoms with Gasteiger partial charge in [0.15, 0.2) is 5.82 Å². The molecule has 0 radical (unpaired) electrons. The third kappa shape index (κ3) is 3.54. The fraction of sp³-hybridized carbons (Fsp3) is 0.308. The second-order valence-corrected chi connectivity index (χ2v) is 4.76. The highest BCUT2D eigenvalue weighted by Gasteiger charge is 2.13. The zero-order valence-corrected chi connectivity index (χ0v) is 11.6. The van der Waals surface area contributed by atoms with Crippen LogP contribution in [0.2, 0.25) is 5.02 Å². The molecule has 0 aliphatic heterocycles. The van der Waals surface area contributed by atoms with Gasteiger partial charge in [-0.2, -0.15) is 5.10 Å². The van der Waals surface area contributed by atoms with E-state index in [9.17, 15) is 4.79 Å². The second-order valence-electron chi connectivity index (χ2n) is 4.36. The first-order valence-electron chi connectivity index (χ1n) is 5.91. The van der Waals surface area contributed by atoms with E-state index in [1.54, 1.807) is 18.0 Å². The number of rotatable bonds is 4. The smallest absolute Gasteiger partial charge is 0.227 e. The number of benzene rings is 1. The molecule has 2 rings (SSSR count). The summed E-state index contributed by atoms with van der Waals surface area (Å²) in [6.45, 7) is 2.20. The minimum absolute atomic E-state index is 0.0180. The summed E-state index contributed by atoms with van der Waals surface area (Å²) in [6, 6.07) is 7.34. The summed E-state index contributed by atoms with van der Waals surface area (Å²) < 4.78 is 0. The number of hydrogen-bond donors (Lipinski definition) is 1. The SMILES string of the molecule is Cc1nc(CN(C)C(=O)Cc2ccccc2Cl)n[nH]1. The first-order valence-corrected chi connectivity index (χ1v) is 6.29. The van der Waals surface area contributed by atoms with Crippen molar-refractivity contribution in [3.05, 3.63) is 46.5 Å². The van der Waals surface area contributed by atoms with Crippen molar-refractivity contribution in [2.24, 2.45) is 0 Å². The molecule has 2 aromatic rings. The minimum Gasteiger partial charge on any atom is -0.338 e. The van der Waals surface area contributed by atoms with Gasteiger partial charge in [0.25, 0.3) is 0 Å². The maximum Gasteiger partial charge on any atom is 0.227 e. The molecule has 19 heavy (non-hydrogen) atoms. The van der Waals surface area contributed by atoms with E-state index in [1.807, 2.05) is 25.1 Å². The number of carbonyl (C=O) groups is 1. The lowest BCUT2D eigenvalue weighted by Gasteiger charge is -2.15. The highest BCUT2D eigenvalue weighted by Crippen LogP contribution is 2.16. The Bertz CT molecular complexity index is 582. The van der Waals surface area contributed by atoms with Crippen molar-refractivity contribution in [2.45, 2.75) is 19.9 Å². The number of aromatic nitrogens is 3. The van der Waals surface area contributed by atoms with Gasteiger partial charge < -0.3 is 4.90 Å². The summed E-state index contributed by atoms with van der Waals surface area (Å²) in [7, 11) is 1.73. The monoisotopic (exact) mass is 278 g/mol. The average Bonchev–Trinajstić information content (AvgIpc) is 2.77. The predicted octanol–water partition coefficient (Wildman–Crippen LogP) is 1.97. The topological polar surface area (TPSA) is 61.9 Å². The van der Waals surface area contributed by atoms with Crippen LogP contribution in [0.15, 0.2) is 24.3 Å². The number of nitrogens with zero attached hydrogens (tertiary/aromatic N) is 3. The number of amides is 1. The summed E-state index contributed by atoms with van der Waals surface area (Å²) in [6.07, 6.45) is 0.277. The summed E-state index contributed by atoms with van der Waals surface area (Å²) >= 11 is 6.04. The molecule has 0 saturated carbocycles. The van der Waals surface area contributed by atoms with Crippen molar-refractivity contribution in [1.82, 2.24) is 20.1 Å². The van der Waals surface area contributed by atoms with Gasteiger partial charge in [0, 0.05) is 12.1 Å². The Hall–Kier alpha value is -1.88. The highest BCUT2D eigenvalue weighted by atomic mass is 35.5. The number of likely N-dealkylation sites (N-methyl/N-ethyl adjacent to an activating group) is 1. The number of nitrogens with one attached hydrogen (secondary N) is 1. The Morgan fingerprint density at radius 3 is 2.79 bits per heavy atom. The molecular formula is C13H15ClN4O. The van der Waals surface area contributed by atoms with E-state index in [2.05, 4.69) is 15.2 Å². The van der Waals surface area contributed by atoms with E-state index in [1.165, 1.54) is 0 Å². The van der Waals surface area contributed by atoms with Crippen molar-refractivity contribution < 1.29 is 4.79 Å². The molecule has 0 spiro atoms. The van der Waals surface area contributed by atoms with Gasteiger partial charge >= 0.3 is 0 Å². The zero-order valence-electron chi connectivity index (χ0n) is 10.9. The maximum atomic E-state index is 12.1. The standard InChI is InChI=1S/C13H15ClN4O/c1-9-15-12(17-16-9)8-18(2)13(19)7-10-5-3-4-6-11(10)14/h3-6H,7-8H2,1-2H3,(H,15,16,17). The van der Waals surface area contributed by atoms with Crippen LogP contribution in [-0.2, 0) is 17.8 Å². The quantitative estimate of drug-likeness (QED) is 0.930. The van der Waals surface area contributed by atoms with Crippen LogP contribution in [0.4, 0.5) is 0 Å². The molecule has 0 bridgehead atoms. The van der Waals surface area contributed by atoms with E-state index in [-0.39, 0.29) is 12.3 Å². The van der Waals surface area contributed by atoms with Gasteiger partial charge in [0.05, 0.1) is 13.0 Å². The molecule has 5 nitrogen and oxygen atoms in total. The molecule has 0 fully saturated rings. The molecule has 1 aromatic carbocycles. The third-order valence-electron chi connectivity index (χ3n) is 2.75. The first kappa shape index (κ1) is 13.5. The summed E-state index contributed by atoms with van der Waals surface area (Å²) in [5, 5.41) is 7.37. The van der Waals surface area contributed by atoms with Crippen LogP contribution in [0.25, 0.3) is 0 Å². The molecule has 0 aliphatic rings. The van der Waals surface area contributed by atoms with Crippen molar-refractivity contribution in [1.29, 1.82) is 0 Å². The van der Waals surface area contributed by atoms with E-state index < -0.39 is 0 Å². The van der Waals surface area contributed by atoms with Crippen molar-refractivity contribution in [2.75, 3.05) is 7.05 Å². The average molecular weight is 279 g/mol. The van der Waals surface area contributed by atoms with Crippen LogP contribution >= 0.6 is 11.6 Å². The van der Waals surface area contributed by atoms with Crippen LogP contribution in [-0.4, -0.2) is 33.0 Å². The Kier molecular flexibility index (Phi) is 4.16. The lowest BCUT2D eigenvalue weighted by atomic mass is 10.1. The number of aryl methyl sites for hydroxylation is 1. The maximum absolute atomic E-state index is 12.1. The molecule has 6 heteroatoms. The van der Waals surface area contributed by atoms with Crippen LogP contribution in [0.1, 0.15) is 17.2 Å². The molecule has 1 N–H and O–H groups in total. The van der Waals surface area contributed by atoms with Gasteiger partial charge in [-0.15, -0.1) is 0 Å². The Balaban J connectivity index is 1.98. The van der Waals surface area contributed by atoms with Crippen LogP contribution in [0.5, 0.6) is 0 Å². The van der Waals surface area contributed by atoms with Crippen molar-refractivity contribution in [3.63, 3.8) is 0 Å². The molecule has 0 unspecified atom stereocenters. The highest BCUT2D eigenvalue weighted by molar-refractivity contribution is 6.31. The molecule has 0 aliphatic carbocycles. The summed E-state index contributed by atoms with van der Waals surface area (Å²) in [5.74, 6) is 1.32. The van der Waals surface area contributed by atoms with Gasteiger partial charge in [-0.05, 0) is 18.6 Å². The van der Waals surface area contributed by atoms with Crippen molar-refractivity contribution >= 4 is 17.5 Å². The number of carbonyl (C=O) groups excluding carboxylic acids is 1. The van der Waals surface area contributed by atoms with Crippen molar-refractivity contribution in [3.8, 4) is 0 Å². The van der Waals surface area contributed by atoms with Crippen LogP contribution in [0.3, 0.4) is 0 Å². The summed E-state index contributed by atoms with van der Waals surface area (Å²) in [4.78, 5) is 17.8. The van der Waals surface area contributed by atoms with Gasteiger partial charge in [-0.25, -0.2) is 4.98 Å². The Morgan fingerprint density at radius 1 is 1.42 bits per heavy atom. The fourth-order valence-electron chi connectivity index (χ4n) is 1.70. The predicted molar refractivity (Wildman–Crippen MR) is 72.7 cm³/mol. The Labute approximate surface area is 116 Å². The lowest BCUT2D eigenvalue weighted by Crippen LogP contribution is -2.28. The van der Waals surface area contributed by atoms with Crippen LogP contribution < -0.4 is 0 Å². The molecule has 1 aromatic heterocycles. The lowest BCUT2D eigenvalue weighted by molar-refractivity contribution is -0.129. The van der Waals surface area contributed by atoms with Gasteiger partial charge in [-0.3, -0.25) is 9.89 Å². The Morgan fingerprint density at radius 2 is 2.16 bits per heavy atom. The molecule has 0 saturated heterocycles.